The van der Waals surface area contributed by atoms with Crippen LogP contribution in [0, 0.1) is 12.8 Å². The molecule has 1 aliphatic heterocycles. The lowest BCUT2D eigenvalue weighted by Crippen LogP contribution is -2.43. The topological polar surface area (TPSA) is 53.1 Å². The van der Waals surface area contributed by atoms with Crippen LogP contribution in [0.5, 0.6) is 0 Å². The largest absolute Gasteiger partial charge is 0.373 e. The van der Waals surface area contributed by atoms with Gasteiger partial charge in [-0.2, -0.15) is 0 Å². The van der Waals surface area contributed by atoms with Crippen molar-refractivity contribution in [3.05, 3.63) is 11.4 Å². The number of hydrogen-bond acceptors (Lipinski definition) is 5. The van der Waals surface area contributed by atoms with Crippen LogP contribution in [0.3, 0.4) is 0 Å². The van der Waals surface area contributed by atoms with Crippen molar-refractivity contribution in [1.82, 2.24) is 14.9 Å². The lowest BCUT2D eigenvalue weighted by molar-refractivity contribution is 0.206. The number of hydrogen-bond donors (Lipinski definition) is 2. The Bertz CT molecular complexity index is 460. The molecule has 5 nitrogen and oxygen atoms in total. The third kappa shape index (κ3) is 3.20. The number of piperidine rings is 1. The van der Waals surface area contributed by atoms with Gasteiger partial charge in [-0.1, -0.05) is 13.8 Å². The van der Waals surface area contributed by atoms with E-state index in [2.05, 4.69) is 53.3 Å². The van der Waals surface area contributed by atoms with E-state index in [1.807, 2.05) is 7.05 Å². The third-order valence-electron chi connectivity index (χ3n) is 4.18. The first kappa shape index (κ1) is 15.0. The molecule has 0 spiro atoms. The fourth-order valence-electron chi connectivity index (χ4n) is 2.85. The van der Waals surface area contributed by atoms with Gasteiger partial charge in [0.15, 0.2) is 0 Å². The van der Waals surface area contributed by atoms with Crippen LogP contribution in [-0.2, 0) is 6.42 Å². The first-order chi connectivity index (χ1) is 9.55. The van der Waals surface area contributed by atoms with Crippen LogP contribution in [0.4, 0.5) is 11.6 Å². The van der Waals surface area contributed by atoms with Gasteiger partial charge in [-0.25, -0.2) is 9.97 Å². The van der Waals surface area contributed by atoms with E-state index in [9.17, 15) is 0 Å². The number of aryl methyl sites for hydroxylation is 1. The zero-order valence-electron chi connectivity index (χ0n) is 13.3. The summed E-state index contributed by atoms with van der Waals surface area (Å²) in [5.41, 5.74) is 1.11. The average Bonchev–Trinajstić information content (AvgIpc) is 2.43. The molecule has 2 unspecified atom stereocenters. The molecule has 20 heavy (non-hydrogen) atoms. The number of anilines is 2. The van der Waals surface area contributed by atoms with Crippen LogP contribution >= 0.6 is 0 Å². The summed E-state index contributed by atoms with van der Waals surface area (Å²) in [6.45, 7) is 8.76. The average molecular weight is 277 g/mol. The van der Waals surface area contributed by atoms with E-state index in [1.54, 1.807) is 0 Å². The van der Waals surface area contributed by atoms with Gasteiger partial charge in [-0.15, -0.1) is 0 Å². The maximum atomic E-state index is 4.67. The first-order valence-corrected chi connectivity index (χ1v) is 7.55. The standard InChI is InChI=1S/C15H27N5/c1-6-13-18-14(16-4)11(3)15(19-13)17-12-7-8-20(5)9-10(12)2/h10,12H,6-9H2,1-5H3,(H2,16,17,18,19). The number of nitrogens with one attached hydrogen (secondary N) is 2. The molecule has 2 rings (SSSR count). The Hall–Kier alpha value is -1.36. The van der Waals surface area contributed by atoms with E-state index in [1.165, 1.54) is 0 Å². The van der Waals surface area contributed by atoms with Crippen molar-refractivity contribution in [3.63, 3.8) is 0 Å². The highest BCUT2D eigenvalue weighted by Gasteiger charge is 2.25. The van der Waals surface area contributed by atoms with Crippen LogP contribution in [-0.4, -0.2) is 48.1 Å². The minimum absolute atomic E-state index is 0.495. The summed E-state index contributed by atoms with van der Waals surface area (Å²) in [6, 6.07) is 0.495. The van der Waals surface area contributed by atoms with Crippen molar-refractivity contribution in [2.75, 3.05) is 37.8 Å². The van der Waals surface area contributed by atoms with E-state index in [0.717, 1.165) is 49.0 Å². The normalized spacial score (nSPS) is 23.6. The summed E-state index contributed by atoms with van der Waals surface area (Å²) < 4.78 is 0. The molecule has 1 aromatic heterocycles. The summed E-state index contributed by atoms with van der Waals surface area (Å²) in [6.07, 6.45) is 2.02. The minimum Gasteiger partial charge on any atom is -0.373 e. The summed E-state index contributed by atoms with van der Waals surface area (Å²) in [5, 5.41) is 6.82. The molecular formula is C15H27N5. The Labute approximate surface area is 122 Å². The van der Waals surface area contributed by atoms with Crippen molar-refractivity contribution >= 4 is 11.6 Å². The van der Waals surface area contributed by atoms with E-state index in [-0.39, 0.29) is 0 Å². The van der Waals surface area contributed by atoms with Crippen LogP contribution in [0.15, 0.2) is 0 Å². The molecule has 0 aromatic carbocycles. The van der Waals surface area contributed by atoms with Crippen LogP contribution in [0.1, 0.15) is 31.7 Å². The molecule has 2 heterocycles. The van der Waals surface area contributed by atoms with Crippen molar-refractivity contribution in [1.29, 1.82) is 0 Å². The highest BCUT2D eigenvalue weighted by Crippen LogP contribution is 2.24. The predicted molar refractivity (Wildman–Crippen MR) is 84.4 cm³/mol. The third-order valence-corrected chi connectivity index (χ3v) is 4.18. The van der Waals surface area contributed by atoms with Crippen LogP contribution < -0.4 is 10.6 Å². The molecule has 0 amide bonds. The zero-order valence-corrected chi connectivity index (χ0v) is 13.3. The second-order valence-electron chi connectivity index (χ2n) is 5.84. The molecule has 1 aromatic rings. The molecule has 0 saturated carbocycles. The van der Waals surface area contributed by atoms with Gasteiger partial charge in [0, 0.05) is 31.6 Å². The van der Waals surface area contributed by atoms with Gasteiger partial charge in [-0.05, 0) is 32.9 Å². The van der Waals surface area contributed by atoms with Gasteiger partial charge in [0.1, 0.15) is 17.5 Å². The fraction of sp³-hybridized carbons (Fsp3) is 0.733. The van der Waals surface area contributed by atoms with Crippen LogP contribution in [0.25, 0.3) is 0 Å². The predicted octanol–water partition coefficient (Wildman–Crippen LogP) is 2.14. The molecule has 2 atom stereocenters. The Morgan fingerprint density at radius 1 is 1.30 bits per heavy atom. The number of rotatable bonds is 4. The van der Waals surface area contributed by atoms with E-state index in [4.69, 9.17) is 0 Å². The lowest BCUT2D eigenvalue weighted by Gasteiger charge is -2.35. The van der Waals surface area contributed by atoms with Crippen molar-refractivity contribution in [2.24, 2.45) is 5.92 Å². The second kappa shape index (κ2) is 6.39. The Morgan fingerprint density at radius 3 is 2.60 bits per heavy atom. The van der Waals surface area contributed by atoms with E-state index >= 15 is 0 Å². The molecular weight excluding hydrogens is 250 g/mol. The van der Waals surface area contributed by atoms with Crippen molar-refractivity contribution in [3.8, 4) is 0 Å². The molecule has 0 radical (unpaired) electrons. The molecule has 112 valence electrons. The minimum atomic E-state index is 0.495. The first-order valence-electron chi connectivity index (χ1n) is 7.55. The highest BCUT2D eigenvalue weighted by atomic mass is 15.1. The Balaban J connectivity index is 2.20. The smallest absolute Gasteiger partial charge is 0.135 e. The maximum absolute atomic E-state index is 4.67. The number of aromatic nitrogens is 2. The number of likely N-dealkylation sites (tertiary alicyclic amines) is 1. The van der Waals surface area contributed by atoms with Crippen LogP contribution in [0.2, 0.25) is 0 Å². The highest BCUT2D eigenvalue weighted by molar-refractivity contribution is 5.57. The van der Waals surface area contributed by atoms with Gasteiger partial charge in [-0.3, -0.25) is 0 Å². The van der Waals surface area contributed by atoms with Crippen molar-refractivity contribution in [2.45, 2.75) is 39.7 Å². The van der Waals surface area contributed by atoms with E-state index in [0.29, 0.717) is 12.0 Å². The Kier molecular flexibility index (Phi) is 4.81. The fourth-order valence-corrected chi connectivity index (χ4v) is 2.85. The molecule has 1 aliphatic rings. The number of nitrogens with zero attached hydrogens (tertiary/aromatic N) is 3. The Morgan fingerprint density at radius 2 is 2.00 bits per heavy atom. The quantitative estimate of drug-likeness (QED) is 0.883. The molecule has 0 bridgehead atoms. The lowest BCUT2D eigenvalue weighted by atomic mass is 9.94. The molecule has 5 heteroatoms. The molecule has 1 fully saturated rings. The molecule has 0 aliphatic carbocycles. The summed E-state index contributed by atoms with van der Waals surface area (Å²) in [7, 11) is 4.10. The summed E-state index contributed by atoms with van der Waals surface area (Å²) in [5.74, 6) is 3.44. The molecule has 1 saturated heterocycles. The van der Waals surface area contributed by atoms with Crippen molar-refractivity contribution < 1.29 is 0 Å². The second-order valence-corrected chi connectivity index (χ2v) is 5.84. The van der Waals surface area contributed by atoms with Gasteiger partial charge in [0.05, 0.1) is 0 Å². The monoisotopic (exact) mass is 277 g/mol. The van der Waals surface area contributed by atoms with E-state index < -0.39 is 0 Å². The zero-order chi connectivity index (χ0) is 14.7. The SMILES string of the molecule is CCc1nc(NC)c(C)c(NC2CCN(C)CC2C)n1. The summed E-state index contributed by atoms with van der Waals surface area (Å²) in [4.78, 5) is 11.6. The van der Waals surface area contributed by atoms with Gasteiger partial charge < -0.3 is 15.5 Å². The van der Waals surface area contributed by atoms with Gasteiger partial charge in [0.2, 0.25) is 0 Å². The van der Waals surface area contributed by atoms with Gasteiger partial charge in [0.25, 0.3) is 0 Å². The summed E-state index contributed by atoms with van der Waals surface area (Å²) >= 11 is 0. The molecule has 2 N–H and O–H groups in total. The van der Waals surface area contributed by atoms with Gasteiger partial charge >= 0.3 is 0 Å². The maximum Gasteiger partial charge on any atom is 0.135 e.